The molecule has 0 saturated heterocycles. The maximum absolute atomic E-state index is 8.86. The molecular formula is C12H22N2O2. The number of aryl methyl sites for hydroxylation is 1. The zero-order valence-corrected chi connectivity index (χ0v) is 10.1. The van der Waals surface area contributed by atoms with E-state index in [0.29, 0.717) is 6.54 Å². The quantitative estimate of drug-likeness (QED) is 0.735. The summed E-state index contributed by atoms with van der Waals surface area (Å²) in [7, 11) is 0. The van der Waals surface area contributed by atoms with Gasteiger partial charge in [0.25, 0.3) is 0 Å². The topological polar surface area (TPSA) is 62.6 Å². The Balaban J connectivity index is 2.70. The zero-order chi connectivity index (χ0) is 12.0. The van der Waals surface area contributed by atoms with Crippen molar-refractivity contribution < 1.29 is 9.52 Å². The molecule has 92 valence electrons. The number of furan rings is 1. The van der Waals surface area contributed by atoms with Crippen LogP contribution in [0.5, 0.6) is 0 Å². The van der Waals surface area contributed by atoms with Gasteiger partial charge in [-0.15, -0.1) is 0 Å². The van der Waals surface area contributed by atoms with Crippen molar-refractivity contribution in [3.8, 4) is 0 Å². The molecule has 0 amide bonds. The van der Waals surface area contributed by atoms with E-state index in [-0.39, 0.29) is 12.6 Å². The Morgan fingerprint density at radius 1 is 1.50 bits per heavy atom. The highest BCUT2D eigenvalue weighted by Gasteiger charge is 2.20. The van der Waals surface area contributed by atoms with Crippen LogP contribution >= 0.6 is 0 Å². The van der Waals surface area contributed by atoms with Gasteiger partial charge in [0.05, 0.1) is 6.04 Å². The van der Waals surface area contributed by atoms with Crippen molar-refractivity contribution in [1.29, 1.82) is 0 Å². The summed E-state index contributed by atoms with van der Waals surface area (Å²) in [5.41, 5.74) is 5.80. The van der Waals surface area contributed by atoms with Gasteiger partial charge in [-0.1, -0.05) is 6.92 Å². The fraction of sp³-hybridized carbons (Fsp3) is 0.667. The van der Waals surface area contributed by atoms with Gasteiger partial charge in [0.15, 0.2) is 0 Å². The lowest BCUT2D eigenvalue weighted by atomic mass is 10.2. The molecule has 0 bridgehead atoms. The van der Waals surface area contributed by atoms with Crippen molar-refractivity contribution in [3.05, 3.63) is 23.7 Å². The van der Waals surface area contributed by atoms with Gasteiger partial charge in [-0.05, 0) is 32.0 Å². The summed E-state index contributed by atoms with van der Waals surface area (Å²) in [6, 6.07) is 4.05. The Kier molecular flexibility index (Phi) is 5.52. The number of aliphatic hydroxyl groups is 1. The van der Waals surface area contributed by atoms with Gasteiger partial charge in [-0.3, -0.25) is 4.90 Å². The third kappa shape index (κ3) is 3.33. The average molecular weight is 226 g/mol. The molecule has 0 saturated carbocycles. The first kappa shape index (κ1) is 13.2. The second-order valence-corrected chi connectivity index (χ2v) is 3.91. The lowest BCUT2D eigenvalue weighted by Gasteiger charge is -2.28. The highest BCUT2D eigenvalue weighted by atomic mass is 16.3. The average Bonchev–Trinajstić information content (AvgIpc) is 2.70. The van der Waals surface area contributed by atoms with Crippen LogP contribution in [0, 0.1) is 6.92 Å². The van der Waals surface area contributed by atoms with Crippen LogP contribution in [0.1, 0.15) is 30.9 Å². The molecule has 1 aromatic heterocycles. The Morgan fingerprint density at radius 3 is 2.69 bits per heavy atom. The van der Waals surface area contributed by atoms with Gasteiger partial charge >= 0.3 is 0 Å². The molecule has 1 heterocycles. The molecule has 0 aliphatic rings. The molecule has 1 atom stereocenters. The summed E-state index contributed by atoms with van der Waals surface area (Å²) < 4.78 is 5.62. The van der Waals surface area contributed by atoms with E-state index in [1.165, 1.54) is 0 Å². The van der Waals surface area contributed by atoms with Gasteiger partial charge in [0.1, 0.15) is 11.5 Å². The van der Waals surface area contributed by atoms with Crippen molar-refractivity contribution >= 4 is 0 Å². The van der Waals surface area contributed by atoms with E-state index >= 15 is 0 Å². The molecule has 0 aliphatic carbocycles. The van der Waals surface area contributed by atoms with Gasteiger partial charge in [-0.25, -0.2) is 0 Å². The smallest absolute Gasteiger partial charge is 0.122 e. The molecule has 16 heavy (non-hydrogen) atoms. The van der Waals surface area contributed by atoms with Crippen molar-refractivity contribution in [2.45, 2.75) is 26.3 Å². The Morgan fingerprint density at radius 2 is 2.25 bits per heavy atom. The van der Waals surface area contributed by atoms with E-state index in [1.54, 1.807) is 0 Å². The fourth-order valence-corrected chi connectivity index (χ4v) is 1.89. The normalized spacial score (nSPS) is 13.3. The molecule has 1 aromatic rings. The summed E-state index contributed by atoms with van der Waals surface area (Å²) in [4.78, 5) is 2.23. The molecule has 0 radical (unpaired) electrons. The number of nitrogens with zero attached hydrogens (tertiary/aromatic N) is 1. The number of hydrogen-bond acceptors (Lipinski definition) is 4. The highest BCUT2D eigenvalue weighted by molar-refractivity contribution is 5.10. The van der Waals surface area contributed by atoms with E-state index in [2.05, 4.69) is 11.8 Å². The molecule has 0 spiro atoms. The second kappa shape index (κ2) is 6.68. The van der Waals surface area contributed by atoms with Gasteiger partial charge in [0.2, 0.25) is 0 Å². The standard InChI is InChI=1S/C12H22N2O2/c1-3-14(7-4-8-15)11(9-13)12-6-5-10(2)16-12/h5-6,11,15H,3-4,7-9,13H2,1-2H3. The lowest BCUT2D eigenvalue weighted by Crippen LogP contribution is -2.34. The van der Waals surface area contributed by atoms with Crippen molar-refractivity contribution in [3.63, 3.8) is 0 Å². The van der Waals surface area contributed by atoms with Crippen LogP contribution in [-0.2, 0) is 0 Å². The third-order valence-electron chi connectivity index (χ3n) is 2.76. The summed E-state index contributed by atoms with van der Waals surface area (Å²) in [5, 5.41) is 8.86. The Bertz CT molecular complexity index is 299. The van der Waals surface area contributed by atoms with Gasteiger partial charge in [0, 0.05) is 19.7 Å². The van der Waals surface area contributed by atoms with Crippen LogP contribution in [0.15, 0.2) is 16.5 Å². The van der Waals surface area contributed by atoms with Crippen molar-refractivity contribution in [2.75, 3.05) is 26.2 Å². The number of likely N-dealkylation sites (N-methyl/N-ethyl adjacent to an activating group) is 1. The predicted octanol–water partition coefficient (Wildman–Crippen LogP) is 1.29. The molecule has 3 N–H and O–H groups in total. The maximum Gasteiger partial charge on any atom is 0.122 e. The maximum atomic E-state index is 8.86. The fourth-order valence-electron chi connectivity index (χ4n) is 1.89. The van der Waals surface area contributed by atoms with E-state index in [4.69, 9.17) is 15.3 Å². The molecule has 4 heteroatoms. The molecule has 1 unspecified atom stereocenters. The minimum Gasteiger partial charge on any atom is -0.465 e. The van der Waals surface area contributed by atoms with E-state index in [1.807, 2.05) is 19.1 Å². The first-order valence-electron chi connectivity index (χ1n) is 5.84. The minimum atomic E-state index is 0.116. The van der Waals surface area contributed by atoms with Crippen molar-refractivity contribution in [1.82, 2.24) is 4.90 Å². The molecule has 4 nitrogen and oxygen atoms in total. The largest absolute Gasteiger partial charge is 0.465 e. The lowest BCUT2D eigenvalue weighted by molar-refractivity contribution is 0.167. The van der Waals surface area contributed by atoms with Crippen LogP contribution in [0.4, 0.5) is 0 Å². The first-order chi connectivity index (χ1) is 7.72. The Labute approximate surface area is 97.0 Å². The monoisotopic (exact) mass is 226 g/mol. The zero-order valence-electron chi connectivity index (χ0n) is 10.1. The van der Waals surface area contributed by atoms with Crippen LogP contribution in [0.25, 0.3) is 0 Å². The van der Waals surface area contributed by atoms with Gasteiger partial charge in [-0.2, -0.15) is 0 Å². The first-order valence-corrected chi connectivity index (χ1v) is 5.84. The SMILES string of the molecule is CCN(CCCO)C(CN)c1ccc(C)o1. The van der Waals surface area contributed by atoms with Gasteiger partial charge < -0.3 is 15.3 Å². The molecular weight excluding hydrogens is 204 g/mol. The molecule has 1 rings (SSSR count). The van der Waals surface area contributed by atoms with Crippen molar-refractivity contribution in [2.24, 2.45) is 5.73 Å². The molecule has 0 aromatic carbocycles. The van der Waals surface area contributed by atoms with E-state index in [9.17, 15) is 0 Å². The number of rotatable bonds is 7. The number of hydrogen-bond donors (Lipinski definition) is 2. The summed E-state index contributed by atoms with van der Waals surface area (Å²) in [6.45, 7) is 6.52. The van der Waals surface area contributed by atoms with Crippen LogP contribution in [-0.4, -0.2) is 36.2 Å². The van der Waals surface area contributed by atoms with Crippen LogP contribution in [0.2, 0.25) is 0 Å². The number of aliphatic hydroxyl groups excluding tert-OH is 1. The molecule has 0 aliphatic heterocycles. The summed E-state index contributed by atoms with van der Waals surface area (Å²) in [5.74, 6) is 1.83. The second-order valence-electron chi connectivity index (χ2n) is 3.91. The van der Waals surface area contributed by atoms with E-state index in [0.717, 1.165) is 31.0 Å². The third-order valence-corrected chi connectivity index (χ3v) is 2.76. The number of nitrogens with two attached hydrogens (primary N) is 1. The highest BCUT2D eigenvalue weighted by Crippen LogP contribution is 2.21. The predicted molar refractivity (Wildman–Crippen MR) is 64.2 cm³/mol. The minimum absolute atomic E-state index is 0.116. The van der Waals surface area contributed by atoms with Crippen LogP contribution < -0.4 is 5.73 Å². The Hall–Kier alpha value is -0.840. The summed E-state index contributed by atoms with van der Waals surface area (Å²) in [6.07, 6.45) is 0.768. The van der Waals surface area contributed by atoms with Crippen LogP contribution in [0.3, 0.4) is 0 Å². The molecule has 0 fully saturated rings. The van der Waals surface area contributed by atoms with E-state index < -0.39 is 0 Å². The summed E-state index contributed by atoms with van der Waals surface area (Å²) >= 11 is 0.